The van der Waals surface area contributed by atoms with E-state index in [1.165, 1.54) is 0 Å². The number of amides is 1. The molecule has 11 heavy (non-hydrogen) atoms. The number of rotatable bonds is 4. The summed E-state index contributed by atoms with van der Waals surface area (Å²) in [5.74, 6) is 0. The van der Waals surface area contributed by atoms with E-state index in [0.29, 0.717) is 0 Å². The minimum absolute atomic E-state index is 0.00593. The van der Waals surface area contributed by atoms with Crippen LogP contribution in [0.1, 0.15) is 0 Å². The third kappa shape index (κ3) is 6.32. The Morgan fingerprint density at radius 3 is 2.82 bits per heavy atom. The minimum Gasteiger partial charge on any atom is -0.439 e. The molecule has 5 nitrogen and oxygen atoms in total. The number of alkyl halides is 1. The second-order valence-electron chi connectivity index (χ2n) is 1.76. The molecule has 3 N–H and O–H groups in total. The monoisotopic (exact) mass is 275 g/mol. The number of hydrogen-bond acceptors (Lipinski definition) is 4. The van der Waals surface area contributed by atoms with E-state index in [-0.39, 0.29) is 17.8 Å². The fourth-order valence-electron chi connectivity index (χ4n) is 0.366. The fraction of sp³-hybridized carbons (Fsp3) is 0.800. The highest BCUT2D eigenvalue weighted by molar-refractivity contribution is 14.1. The number of aliphatic hydroxyl groups is 2. The molecule has 6 heteroatoms. The lowest BCUT2D eigenvalue weighted by molar-refractivity contribution is 0.0911. The van der Waals surface area contributed by atoms with Crippen molar-refractivity contribution in [2.24, 2.45) is 0 Å². The zero-order chi connectivity index (χ0) is 8.69. The van der Waals surface area contributed by atoms with Gasteiger partial charge in [-0.2, -0.15) is 0 Å². The zero-order valence-corrected chi connectivity index (χ0v) is 7.95. The molecule has 0 aliphatic carbocycles. The van der Waals surface area contributed by atoms with Crippen LogP contribution in [-0.2, 0) is 4.74 Å². The molecule has 0 aromatic carbocycles. The third-order valence-electron chi connectivity index (χ3n) is 0.878. The highest BCUT2D eigenvalue weighted by Crippen LogP contribution is 1.85. The van der Waals surface area contributed by atoms with Gasteiger partial charge in [0.1, 0.15) is 4.61 Å². The van der Waals surface area contributed by atoms with Crippen LogP contribution in [0, 0.1) is 0 Å². The van der Waals surface area contributed by atoms with Crippen LogP contribution in [0.5, 0.6) is 0 Å². The van der Waals surface area contributed by atoms with Gasteiger partial charge in [0.2, 0.25) is 0 Å². The quantitative estimate of drug-likeness (QED) is 0.475. The van der Waals surface area contributed by atoms with Crippen molar-refractivity contribution in [2.75, 3.05) is 17.8 Å². The summed E-state index contributed by atoms with van der Waals surface area (Å²) < 4.78 is 4.74. The van der Waals surface area contributed by atoms with Crippen molar-refractivity contribution < 1.29 is 19.7 Å². The maximum atomic E-state index is 10.5. The molecule has 0 bridgehead atoms. The van der Waals surface area contributed by atoms with E-state index in [1.54, 1.807) is 0 Å². The standard InChI is InChI=1S/C5H10INO4/c6-3-11-5(10)7-1-4(9)2-8/h4,8-9H,1-3H2,(H,7,10). The van der Waals surface area contributed by atoms with Gasteiger partial charge < -0.3 is 20.3 Å². The normalized spacial score (nSPS) is 12.3. The summed E-state index contributed by atoms with van der Waals surface area (Å²) in [5.41, 5.74) is 0. The summed E-state index contributed by atoms with van der Waals surface area (Å²) in [6, 6.07) is 0. The lowest BCUT2D eigenvalue weighted by atomic mass is 10.4. The van der Waals surface area contributed by atoms with Crippen LogP contribution in [0.2, 0.25) is 0 Å². The van der Waals surface area contributed by atoms with E-state index in [9.17, 15) is 4.79 Å². The van der Waals surface area contributed by atoms with Gasteiger partial charge >= 0.3 is 6.09 Å². The molecule has 0 aromatic rings. The Bertz CT molecular complexity index is 121. The number of carbonyl (C=O) groups excluding carboxylic acids is 1. The van der Waals surface area contributed by atoms with Gasteiger partial charge in [-0.25, -0.2) is 4.79 Å². The molecule has 0 saturated heterocycles. The van der Waals surface area contributed by atoms with Gasteiger partial charge in [0.25, 0.3) is 0 Å². The van der Waals surface area contributed by atoms with Gasteiger partial charge in [0.05, 0.1) is 12.7 Å². The van der Waals surface area contributed by atoms with E-state index < -0.39 is 12.2 Å². The molecular formula is C5H10INO4. The van der Waals surface area contributed by atoms with E-state index in [2.05, 4.69) is 10.1 Å². The molecule has 0 aliphatic heterocycles. The minimum atomic E-state index is -0.920. The molecule has 0 aromatic heterocycles. The van der Waals surface area contributed by atoms with Crippen molar-refractivity contribution in [3.05, 3.63) is 0 Å². The van der Waals surface area contributed by atoms with Crippen LogP contribution in [0.3, 0.4) is 0 Å². The molecule has 0 rings (SSSR count). The van der Waals surface area contributed by atoms with Crippen LogP contribution >= 0.6 is 22.6 Å². The van der Waals surface area contributed by atoms with Crippen molar-refractivity contribution in [1.29, 1.82) is 0 Å². The lowest BCUT2D eigenvalue weighted by Gasteiger charge is -2.07. The molecule has 0 heterocycles. The fourth-order valence-corrected chi connectivity index (χ4v) is 0.649. The van der Waals surface area contributed by atoms with Gasteiger partial charge in [-0.05, 0) is 22.6 Å². The van der Waals surface area contributed by atoms with E-state index in [1.807, 2.05) is 22.6 Å². The SMILES string of the molecule is O=C(NCC(O)CO)OCI. The molecular weight excluding hydrogens is 265 g/mol. The van der Waals surface area contributed by atoms with Crippen molar-refractivity contribution in [1.82, 2.24) is 5.32 Å². The number of carbonyl (C=O) groups is 1. The smallest absolute Gasteiger partial charge is 0.407 e. The topological polar surface area (TPSA) is 78.8 Å². The molecule has 1 unspecified atom stereocenters. The molecule has 0 fully saturated rings. The summed E-state index contributed by atoms with van der Waals surface area (Å²) in [4.78, 5) is 10.5. The van der Waals surface area contributed by atoms with Crippen LogP contribution in [-0.4, -0.2) is 40.2 Å². The van der Waals surface area contributed by atoms with Crippen LogP contribution in [0.25, 0.3) is 0 Å². The first-order valence-corrected chi connectivity index (χ1v) is 4.48. The van der Waals surface area contributed by atoms with Crippen molar-refractivity contribution in [3.63, 3.8) is 0 Å². The van der Waals surface area contributed by atoms with Crippen molar-refractivity contribution >= 4 is 28.7 Å². The lowest BCUT2D eigenvalue weighted by Crippen LogP contribution is -2.34. The Morgan fingerprint density at radius 2 is 2.36 bits per heavy atom. The maximum absolute atomic E-state index is 10.5. The summed E-state index contributed by atoms with van der Waals surface area (Å²) in [6.45, 7) is -0.365. The number of hydrogen-bond donors (Lipinski definition) is 3. The van der Waals surface area contributed by atoms with Gasteiger partial charge in [-0.3, -0.25) is 0 Å². The van der Waals surface area contributed by atoms with E-state index in [0.717, 1.165) is 0 Å². The first-order chi connectivity index (χ1) is 5.20. The predicted octanol–water partition coefficient (Wildman–Crippen LogP) is -0.542. The molecule has 0 radical (unpaired) electrons. The summed E-state index contributed by atoms with van der Waals surface area (Å²) in [7, 11) is 0. The molecule has 0 saturated carbocycles. The van der Waals surface area contributed by atoms with Crippen LogP contribution in [0.15, 0.2) is 0 Å². The van der Waals surface area contributed by atoms with Crippen LogP contribution < -0.4 is 5.32 Å². The predicted molar refractivity (Wildman–Crippen MR) is 46.5 cm³/mol. The summed E-state index contributed by atoms with van der Waals surface area (Å²) in [6.07, 6.45) is -1.51. The van der Waals surface area contributed by atoms with E-state index in [4.69, 9.17) is 10.2 Å². The Labute approximate surface area is 77.9 Å². The second-order valence-corrected chi connectivity index (χ2v) is 2.38. The number of ether oxygens (including phenoxy) is 1. The van der Waals surface area contributed by atoms with Crippen LogP contribution in [0.4, 0.5) is 4.79 Å². The molecule has 1 atom stereocenters. The number of halogens is 1. The average molecular weight is 275 g/mol. The van der Waals surface area contributed by atoms with Gasteiger partial charge in [0, 0.05) is 6.54 Å². The zero-order valence-electron chi connectivity index (χ0n) is 5.79. The summed E-state index contributed by atoms with van der Waals surface area (Å²) >= 11 is 1.87. The Morgan fingerprint density at radius 1 is 1.73 bits per heavy atom. The highest BCUT2D eigenvalue weighted by atomic mass is 127. The molecule has 0 spiro atoms. The van der Waals surface area contributed by atoms with E-state index >= 15 is 0 Å². The summed E-state index contributed by atoms with van der Waals surface area (Å²) in [5, 5.41) is 19.3. The van der Waals surface area contributed by atoms with Crippen molar-refractivity contribution in [2.45, 2.75) is 6.10 Å². The molecule has 66 valence electrons. The number of alkyl carbamates (subject to hydrolysis) is 1. The molecule has 0 aliphatic rings. The van der Waals surface area contributed by atoms with Crippen molar-refractivity contribution in [3.8, 4) is 0 Å². The Kier molecular flexibility index (Phi) is 6.57. The third-order valence-corrected chi connectivity index (χ3v) is 1.19. The molecule has 1 amide bonds. The largest absolute Gasteiger partial charge is 0.439 e. The van der Waals surface area contributed by atoms with Gasteiger partial charge in [-0.15, -0.1) is 0 Å². The maximum Gasteiger partial charge on any atom is 0.407 e. The van der Waals surface area contributed by atoms with Gasteiger partial charge in [0.15, 0.2) is 0 Å². The Balaban J connectivity index is 3.30. The number of nitrogens with one attached hydrogen (secondary N) is 1. The second kappa shape index (κ2) is 6.62. The first kappa shape index (κ1) is 10.9. The van der Waals surface area contributed by atoms with Gasteiger partial charge in [-0.1, -0.05) is 0 Å². The Hall–Kier alpha value is -0.0800. The first-order valence-electron chi connectivity index (χ1n) is 2.96. The number of aliphatic hydroxyl groups excluding tert-OH is 2. The average Bonchev–Trinajstić information content (AvgIpc) is 2.01. The highest BCUT2D eigenvalue weighted by Gasteiger charge is 2.04.